The third-order valence-electron chi connectivity index (χ3n) is 3.88. The fourth-order valence-corrected chi connectivity index (χ4v) is 2.69. The first-order valence-electron chi connectivity index (χ1n) is 7.33. The minimum absolute atomic E-state index is 0.0846. The molecule has 1 aromatic heterocycles. The molecule has 120 valence electrons. The molecule has 2 amide bonds. The van der Waals surface area contributed by atoms with Crippen molar-refractivity contribution in [2.75, 3.05) is 23.9 Å². The maximum atomic E-state index is 12.3. The standard InChI is InChI=1S/C16H18N4O3/c1-10-3-4-13(23-2)12(7-10)20-9-11(8-15(20)21)16(22)18-14-5-6-17-19-14/h3-7,11H,8-9H2,1-2H3,(H2,17,18,19,22)/t11-/m0/s1. The van der Waals surface area contributed by atoms with Crippen LogP contribution in [0.15, 0.2) is 30.5 Å². The summed E-state index contributed by atoms with van der Waals surface area (Å²) in [7, 11) is 1.57. The number of hydrogen-bond acceptors (Lipinski definition) is 4. The summed E-state index contributed by atoms with van der Waals surface area (Å²) in [6.45, 7) is 2.28. The summed E-state index contributed by atoms with van der Waals surface area (Å²) in [5.74, 6) is 0.457. The maximum Gasteiger partial charge on any atom is 0.230 e. The number of amides is 2. The lowest BCUT2D eigenvalue weighted by atomic mass is 10.1. The molecule has 0 saturated carbocycles. The van der Waals surface area contributed by atoms with Gasteiger partial charge in [0.1, 0.15) is 11.6 Å². The van der Waals surface area contributed by atoms with Crippen molar-refractivity contribution >= 4 is 23.3 Å². The van der Waals surface area contributed by atoms with E-state index in [0.717, 1.165) is 5.56 Å². The number of carbonyl (C=O) groups is 2. The van der Waals surface area contributed by atoms with Crippen molar-refractivity contribution in [3.05, 3.63) is 36.0 Å². The Bertz CT molecular complexity index is 727. The zero-order valence-corrected chi connectivity index (χ0v) is 13.0. The van der Waals surface area contributed by atoms with Crippen molar-refractivity contribution in [2.24, 2.45) is 5.92 Å². The van der Waals surface area contributed by atoms with Crippen LogP contribution in [0.25, 0.3) is 0 Å². The summed E-state index contributed by atoms with van der Waals surface area (Å²) < 4.78 is 5.33. The number of ether oxygens (including phenoxy) is 1. The van der Waals surface area contributed by atoms with E-state index in [0.29, 0.717) is 23.8 Å². The molecular formula is C16H18N4O3. The second-order valence-electron chi connectivity index (χ2n) is 5.54. The Morgan fingerprint density at radius 2 is 2.26 bits per heavy atom. The van der Waals surface area contributed by atoms with E-state index in [2.05, 4.69) is 15.5 Å². The molecule has 1 atom stereocenters. The number of nitrogens with zero attached hydrogens (tertiary/aromatic N) is 2. The van der Waals surface area contributed by atoms with Gasteiger partial charge in [-0.15, -0.1) is 0 Å². The van der Waals surface area contributed by atoms with Crippen LogP contribution in [-0.2, 0) is 9.59 Å². The number of methoxy groups -OCH3 is 1. The van der Waals surface area contributed by atoms with Crippen LogP contribution in [-0.4, -0.2) is 35.7 Å². The molecule has 0 unspecified atom stereocenters. The molecule has 0 bridgehead atoms. The zero-order valence-electron chi connectivity index (χ0n) is 13.0. The molecule has 1 saturated heterocycles. The molecule has 1 aliphatic rings. The number of anilines is 2. The zero-order chi connectivity index (χ0) is 16.4. The highest BCUT2D eigenvalue weighted by molar-refractivity contribution is 6.04. The number of rotatable bonds is 4. The van der Waals surface area contributed by atoms with E-state index in [1.165, 1.54) is 0 Å². The van der Waals surface area contributed by atoms with Crippen LogP contribution in [0.4, 0.5) is 11.5 Å². The molecule has 7 heteroatoms. The lowest BCUT2D eigenvalue weighted by molar-refractivity contribution is -0.122. The van der Waals surface area contributed by atoms with Gasteiger partial charge in [-0.2, -0.15) is 5.10 Å². The van der Waals surface area contributed by atoms with Gasteiger partial charge in [0.15, 0.2) is 0 Å². The Kier molecular flexibility index (Phi) is 4.01. The summed E-state index contributed by atoms with van der Waals surface area (Å²) in [4.78, 5) is 26.2. The molecule has 2 N–H and O–H groups in total. The summed E-state index contributed by atoms with van der Waals surface area (Å²) in [5.41, 5.74) is 1.73. The van der Waals surface area contributed by atoms with Gasteiger partial charge < -0.3 is 15.0 Å². The number of aryl methyl sites for hydroxylation is 1. The largest absolute Gasteiger partial charge is 0.495 e. The van der Waals surface area contributed by atoms with Gasteiger partial charge in [0.25, 0.3) is 0 Å². The van der Waals surface area contributed by atoms with Crippen molar-refractivity contribution < 1.29 is 14.3 Å². The van der Waals surface area contributed by atoms with Crippen LogP contribution >= 0.6 is 0 Å². The van der Waals surface area contributed by atoms with Crippen LogP contribution in [0.2, 0.25) is 0 Å². The molecular weight excluding hydrogens is 296 g/mol. The number of H-pyrrole nitrogens is 1. The molecule has 1 fully saturated rings. The first-order valence-corrected chi connectivity index (χ1v) is 7.33. The van der Waals surface area contributed by atoms with Gasteiger partial charge in [-0.05, 0) is 24.6 Å². The normalized spacial score (nSPS) is 17.4. The predicted molar refractivity (Wildman–Crippen MR) is 85.4 cm³/mol. The summed E-state index contributed by atoms with van der Waals surface area (Å²) in [6, 6.07) is 7.31. The highest BCUT2D eigenvalue weighted by Gasteiger charge is 2.36. The Labute approximate surface area is 133 Å². The van der Waals surface area contributed by atoms with Gasteiger partial charge in [0, 0.05) is 19.0 Å². The third-order valence-corrected chi connectivity index (χ3v) is 3.88. The second kappa shape index (κ2) is 6.12. The SMILES string of the molecule is COc1ccc(C)cc1N1C[C@@H](C(=O)Nc2ccn[nH]2)CC1=O. The quantitative estimate of drug-likeness (QED) is 0.899. The highest BCUT2D eigenvalue weighted by atomic mass is 16.5. The van der Waals surface area contributed by atoms with Crippen molar-refractivity contribution in [1.82, 2.24) is 10.2 Å². The number of nitrogens with one attached hydrogen (secondary N) is 2. The highest BCUT2D eigenvalue weighted by Crippen LogP contribution is 2.34. The molecule has 3 rings (SSSR count). The van der Waals surface area contributed by atoms with Gasteiger partial charge in [-0.25, -0.2) is 0 Å². The monoisotopic (exact) mass is 314 g/mol. The van der Waals surface area contributed by atoms with Gasteiger partial charge >= 0.3 is 0 Å². The van der Waals surface area contributed by atoms with Gasteiger partial charge in [-0.3, -0.25) is 14.7 Å². The average molecular weight is 314 g/mol. The van der Waals surface area contributed by atoms with Crippen LogP contribution in [0.1, 0.15) is 12.0 Å². The summed E-state index contributed by atoms with van der Waals surface area (Å²) in [5, 5.41) is 9.18. The maximum absolute atomic E-state index is 12.3. The van der Waals surface area contributed by atoms with E-state index in [1.54, 1.807) is 24.3 Å². The van der Waals surface area contributed by atoms with Crippen molar-refractivity contribution in [1.29, 1.82) is 0 Å². The number of benzene rings is 1. The van der Waals surface area contributed by atoms with E-state index in [-0.39, 0.29) is 18.2 Å². The minimum Gasteiger partial charge on any atom is -0.495 e. The topological polar surface area (TPSA) is 87.3 Å². The Balaban J connectivity index is 1.77. The molecule has 2 heterocycles. The predicted octanol–water partition coefficient (Wildman–Crippen LogP) is 1.72. The van der Waals surface area contributed by atoms with Crippen LogP contribution < -0.4 is 15.0 Å². The summed E-state index contributed by atoms with van der Waals surface area (Å²) >= 11 is 0. The van der Waals surface area contributed by atoms with E-state index < -0.39 is 5.92 Å². The Morgan fingerprint density at radius 3 is 2.96 bits per heavy atom. The van der Waals surface area contributed by atoms with Crippen molar-refractivity contribution in [3.8, 4) is 5.75 Å². The molecule has 1 aromatic carbocycles. The van der Waals surface area contributed by atoms with Gasteiger partial charge in [-0.1, -0.05) is 6.07 Å². The smallest absolute Gasteiger partial charge is 0.230 e. The summed E-state index contributed by atoms with van der Waals surface area (Å²) in [6.07, 6.45) is 1.73. The number of carbonyl (C=O) groups excluding carboxylic acids is 2. The molecule has 1 aliphatic heterocycles. The van der Waals surface area contributed by atoms with E-state index in [9.17, 15) is 9.59 Å². The number of aromatic amines is 1. The molecule has 0 aliphatic carbocycles. The van der Waals surface area contributed by atoms with Crippen LogP contribution in [0.3, 0.4) is 0 Å². The number of hydrogen-bond donors (Lipinski definition) is 2. The fraction of sp³-hybridized carbons (Fsp3) is 0.312. The molecule has 2 aromatic rings. The van der Waals surface area contributed by atoms with Crippen molar-refractivity contribution in [2.45, 2.75) is 13.3 Å². The first-order chi connectivity index (χ1) is 11.1. The van der Waals surface area contributed by atoms with Crippen LogP contribution in [0, 0.1) is 12.8 Å². The van der Waals surface area contributed by atoms with Gasteiger partial charge in [0.05, 0.1) is 24.9 Å². The molecule has 7 nitrogen and oxygen atoms in total. The molecule has 0 spiro atoms. The van der Waals surface area contributed by atoms with Crippen molar-refractivity contribution in [3.63, 3.8) is 0 Å². The Morgan fingerprint density at radius 1 is 1.43 bits per heavy atom. The van der Waals surface area contributed by atoms with Gasteiger partial charge in [0.2, 0.25) is 11.8 Å². The van der Waals surface area contributed by atoms with E-state index in [1.807, 2.05) is 25.1 Å². The second-order valence-corrected chi connectivity index (χ2v) is 5.54. The fourth-order valence-electron chi connectivity index (χ4n) is 2.69. The lowest BCUT2D eigenvalue weighted by Crippen LogP contribution is -2.28. The first kappa shape index (κ1) is 15.1. The molecule has 23 heavy (non-hydrogen) atoms. The minimum atomic E-state index is -0.406. The Hall–Kier alpha value is -2.83. The third kappa shape index (κ3) is 3.03. The molecule has 0 radical (unpaired) electrons. The number of aromatic nitrogens is 2. The van der Waals surface area contributed by atoms with E-state index >= 15 is 0 Å². The van der Waals surface area contributed by atoms with E-state index in [4.69, 9.17) is 4.74 Å². The van der Waals surface area contributed by atoms with Crippen LogP contribution in [0.5, 0.6) is 5.75 Å². The lowest BCUT2D eigenvalue weighted by Gasteiger charge is -2.20. The average Bonchev–Trinajstić information content (AvgIpc) is 3.16.